The topological polar surface area (TPSA) is 93.5 Å². The molecule has 1 aliphatic carbocycles. The molecule has 2 amide bonds. The molecular formula is C23H28N4O4. The number of esters is 1. The van der Waals surface area contributed by atoms with Crippen LogP contribution in [0.4, 0.5) is 5.69 Å². The van der Waals surface area contributed by atoms with Gasteiger partial charge in [-0.15, -0.1) is 0 Å². The predicted octanol–water partition coefficient (Wildman–Crippen LogP) is 2.76. The molecule has 0 bridgehead atoms. The van der Waals surface area contributed by atoms with Gasteiger partial charge in [0.15, 0.2) is 5.69 Å². The Morgan fingerprint density at radius 2 is 1.94 bits per heavy atom. The molecule has 1 aromatic heterocycles. The van der Waals surface area contributed by atoms with E-state index in [1.807, 2.05) is 32.0 Å². The number of ether oxygens (including phenoxy) is 1. The quantitative estimate of drug-likeness (QED) is 0.762. The first-order valence-electron chi connectivity index (χ1n) is 10.6. The fourth-order valence-electron chi connectivity index (χ4n) is 4.72. The van der Waals surface area contributed by atoms with Gasteiger partial charge in [0.1, 0.15) is 11.2 Å². The number of methoxy groups -OCH3 is 1. The molecule has 0 spiro atoms. The van der Waals surface area contributed by atoms with Crippen LogP contribution in [0.5, 0.6) is 0 Å². The summed E-state index contributed by atoms with van der Waals surface area (Å²) in [4.78, 5) is 45.2. The first-order chi connectivity index (χ1) is 14.8. The number of carbonyl (C=O) groups is 3. The molecule has 31 heavy (non-hydrogen) atoms. The molecule has 2 heterocycles. The monoisotopic (exact) mass is 424 g/mol. The number of imidazole rings is 1. The SMILES string of the molecule is COC(=O)c1ncn2c1C(=O)N(c1ccc(C)cc1C)C(C)(C(=O)NC1CCCC1)C2. The summed E-state index contributed by atoms with van der Waals surface area (Å²) in [5, 5.41) is 3.15. The van der Waals surface area contributed by atoms with Crippen LogP contribution in [0, 0.1) is 13.8 Å². The Kier molecular flexibility index (Phi) is 5.33. The minimum absolute atomic E-state index is 0.0412. The molecule has 8 nitrogen and oxygen atoms in total. The number of benzene rings is 1. The predicted molar refractivity (Wildman–Crippen MR) is 115 cm³/mol. The molecule has 4 rings (SSSR count). The first-order valence-corrected chi connectivity index (χ1v) is 10.6. The van der Waals surface area contributed by atoms with Crippen molar-refractivity contribution in [2.75, 3.05) is 12.0 Å². The first kappa shape index (κ1) is 21.1. The van der Waals surface area contributed by atoms with Crippen molar-refractivity contribution in [3.8, 4) is 0 Å². The fourth-order valence-corrected chi connectivity index (χ4v) is 4.72. The molecule has 1 aromatic carbocycles. The molecule has 1 atom stereocenters. The van der Waals surface area contributed by atoms with Crippen LogP contribution in [0.2, 0.25) is 0 Å². The van der Waals surface area contributed by atoms with Crippen LogP contribution < -0.4 is 10.2 Å². The van der Waals surface area contributed by atoms with E-state index >= 15 is 0 Å². The van der Waals surface area contributed by atoms with Crippen molar-refractivity contribution in [1.82, 2.24) is 14.9 Å². The number of nitrogens with one attached hydrogen (secondary N) is 1. The Balaban J connectivity index is 1.83. The second-order valence-electron chi connectivity index (χ2n) is 8.72. The van der Waals surface area contributed by atoms with Crippen LogP contribution in [0.25, 0.3) is 0 Å². The van der Waals surface area contributed by atoms with Gasteiger partial charge >= 0.3 is 5.97 Å². The summed E-state index contributed by atoms with van der Waals surface area (Å²) in [5.74, 6) is -1.33. The summed E-state index contributed by atoms with van der Waals surface area (Å²) in [7, 11) is 1.25. The Labute approximate surface area is 181 Å². The lowest BCUT2D eigenvalue weighted by atomic mass is 9.92. The minimum Gasteiger partial charge on any atom is -0.464 e. The van der Waals surface area contributed by atoms with E-state index in [1.165, 1.54) is 18.3 Å². The number of anilines is 1. The van der Waals surface area contributed by atoms with E-state index in [-0.39, 0.29) is 29.9 Å². The number of aryl methyl sites for hydroxylation is 2. The van der Waals surface area contributed by atoms with Gasteiger partial charge in [-0.2, -0.15) is 0 Å². The molecule has 1 fully saturated rings. The lowest BCUT2D eigenvalue weighted by molar-refractivity contribution is -0.127. The number of nitrogens with zero attached hydrogens (tertiary/aromatic N) is 3. The maximum atomic E-state index is 13.8. The van der Waals surface area contributed by atoms with Crippen LogP contribution in [-0.4, -0.2) is 46.0 Å². The van der Waals surface area contributed by atoms with Crippen molar-refractivity contribution in [2.24, 2.45) is 0 Å². The van der Waals surface area contributed by atoms with Gasteiger partial charge in [-0.25, -0.2) is 9.78 Å². The third-order valence-electron chi connectivity index (χ3n) is 6.37. The van der Waals surface area contributed by atoms with Gasteiger partial charge in [-0.1, -0.05) is 30.5 Å². The van der Waals surface area contributed by atoms with Crippen LogP contribution in [0.15, 0.2) is 24.5 Å². The third kappa shape index (κ3) is 3.49. The summed E-state index contributed by atoms with van der Waals surface area (Å²) in [6.45, 7) is 5.85. The zero-order valence-electron chi connectivity index (χ0n) is 18.4. The standard InChI is InChI=1S/C23H28N4O4/c1-14-9-10-17(15(2)11-14)27-20(28)19-18(21(29)31-4)24-13-26(19)12-23(27,3)22(30)25-16-7-5-6-8-16/h9-11,13,16H,5-8,12H2,1-4H3,(H,25,30). The van der Waals surface area contributed by atoms with E-state index in [2.05, 4.69) is 10.3 Å². The smallest absolute Gasteiger partial charge is 0.359 e. The third-order valence-corrected chi connectivity index (χ3v) is 6.37. The largest absolute Gasteiger partial charge is 0.464 e. The number of carbonyl (C=O) groups excluding carboxylic acids is 3. The number of rotatable bonds is 4. The van der Waals surface area contributed by atoms with Crippen molar-refractivity contribution in [3.63, 3.8) is 0 Å². The molecule has 164 valence electrons. The Morgan fingerprint density at radius 1 is 1.23 bits per heavy atom. The van der Waals surface area contributed by atoms with Gasteiger partial charge in [0.05, 0.1) is 20.0 Å². The van der Waals surface area contributed by atoms with Gasteiger partial charge in [0.25, 0.3) is 5.91 Å². The lowest BCUT2D eigenvalue weighted by Crippen LogP contribution is -2.65. The maximum Gasteiger partial charge on any atom is 0.359 e. The van der Waals surface area contributed by atoms with Crippen molar-refractivity contribution in [2.45, 2.75) is 64.6 Å². The van der Waals surface area contributed by atoms with Crippen LogP contribution in [0.1, 0.15) is 64.7 Å². The number of amides is 2. The molecule has 2 aliphatic rings. The van der Waals surface area contributed by atoms with Gasteiger partial charge in [-0.05, 0) is 45.2 Å². The number of aromatic nitrogens is 2. The molecule has 1 aliphatic heterocycles. The second-order valence-corrected chi connectivity index (χ2v) is 8.72. The van der Waals surface area contributed by atoms with E-state index < -0.39 is 17.4 Å². The summed E-state index contributed by atoms with van der Waals surface area (Å²) in [6, 6.07) is 5.87. The van der Waals surface area contributed by atoms with Crippen LogP contribution >= 0.6 is 0 Å². The van der Waals surface area contributed by atoms with Gasteiger partial charge < -0.3 is 14.6 Å². The highest BCUT2D eigenvalue weighted by molar-refractivity contribution is 6.15. The van der Waals surface area contributed by atoms with Gasteiger partial charge in [0.2, 0.25) is 5.91 Å². The summed E-state index contributed by atoms with van der Waals surface area (Å²) < 4.78 is 6.40. The Bertz CT molecular complexity index is 1050. The van der Waals surface area contributed by atoms with E-state index in [1.54, 1.807) is 11.5 Å². The van der Waals surface area contributed by atoms with Crippen LogP contribution in [-0.2, 0) is 16.1 Å². The van der Waals surface area contributed by atoms with E-state index in [0.29, 0.717) is 5.69 Å². The second kappa shape index (κ2) is 7.83. The molecule has 2 aromatic rings. The van der Waals surface area contributed by atoms with Crippen LogP contribution in [0.3, 0.4) is 0 Å². The molecule has 8 heteroatoms. The zero-order chi connectivity index (χ0) is 22.3. The molecule has 1 saturated carbocycles. The van der Waals surface area contributed by atoms with Gasteiger partial charge in [-0.3, -0.25) is 14.5 Å². The number of fused-ring (bicyclic) bond motifs is 1. The van der Waals surface area contributed by atoms with Crippen molar-refractivity contribution >= 4 is 23.5 Å². The number of hydrogen-bond acceptors (Lipinski definition) is 5. The van der Waals surface area contributed by atoms with E-state index in [4.69, 9.17) is 4.74 Å². The average molecular weight is 425 g/mol. The van der Waals surface area contributed by atoms with Gasteiger partial charge in [0, 0.05) is 11.7 Å². The maximum absolute atomic E-state index is 13.8. The van der Waals surface area contributed by atoms with Crippen molar-refractivity contribution in [3.05, 3.63) is 47.0 Å². The highest BCUT2D eigenvalue weighted by Gasteiger charge is 2.50. The molecule has 0 saturated heterocycles. The fraction of sp³-hybridized carbons (Fsp3) is 0.478. The summed E-state index contributed by atoms with van der Waals surface area (Å²) >= 11 is 0. The van der Waals surface area contributed by atoms with E-state index in [0.717, 1.165) is 36.8 Å². The van der Waals surface area contributed by atoms with Crippen molar-refractivity contribution < 1.29 is 19.1 Å². The lowest BCUT2D eigenvalue weighted by Gasteiger charge is -2.44. The van der Waals surface area contributed by atoms with Crippen molar-refractivity contribution in [1.29, 1.82) is 0 Å². The number of hydrogen-bond donors (Lipinski definition) is 1. The minimum atomic E-state index is -1.18. The summed E-state index contributed by atoms with van der Waals surface area (Å²) in [6.07, 6.45) is 5.51. The highest BCUT2D eigenvalue weighted by atomic mass is 16.5. The molecular weight excluding hydrogens is 396 g/mol. The summed E-state index contributed by atoms with van der Waals surface area (Å²) in [5.41, 5.74) is 1.49. The Morgan fingerprint density at radius 3 is 2.58 bits per heavy atom. The molecule has 1 unspecified atom stereocenters. The Hall–Kier alpha value is -3.16. The highest BCUT2D eigenvalue weighted by Crippen LogP contribution is 2.36. The average Bonchev–Trinajstić information content (AvgIpc) is 3.38. The molecule has 1 N–H and O–H groups in total. The molecule has 0 radical (unpaired) electrons. The zero-order valence-corrected chi connectivity index (χ0v) is 18.4. The van der Waals surface area contributed by atoms with E-state index in [9.17, 15) is 14.4 Å². The normalized spacial score (nSPS) is 21.2.